The van der Waals surface area contributed by atoms with Gasteiger partial charge in [-0.3, -0.25) is 4.79 Å². The van der Waals surface area contributed by atoms with E-state index in [-0.39, 0.29) is 5.91 Å². The standard InChI is InChI=1S/C14H16N4O2/c1-3-20-14-12(5-4-6-15-14)13(19)16-8-11-7-10(2)17-9-18-11/h4-7,9H,3,8H2,1-2H3,(H,16,19). The van der Waals surface area contributed by atoms with Crippen LogP contribution in [0.15, 0.2) is 30.7 Å². The molecule has 0 unspecified atom stereocenters. The highest BCUT2D eigenvalue weighted by Gasteiger charge is 2.13. The molecule has 0 saturated heterocycles. The summed E-state index contributed by atoms with van der Waals surface area (Å²) in [6.07, 6.45) is 3.07. The average molecular weight is 272 g/mol. The molecule has 0 aliphatic heterocycles. The predicted molar refractivity (Wildman–Crippen MR) is 73.3 cm³/mol. The maximum Gasteiger partial charge on any atom is 0.257 e. The van der Waals surface area contributed by atoms with Gasteiger partial charge in [-0.15, -0.1) is 0 Å². The maximum atomic E-state index is 12.1. The van der Waals surface area contributed by atoms with Gasteiger partial charge in [0.2, 0.25) is 5.88 Å². The van der Waals surface area contributed by atoms with Crippen molar-refractivity contribution in [2.24, 2.45) is 0 Å². The Bertz CT molecular complexity index is 601. The minimum Gasteiger partial charge on any atom is -0.477 e. The highest BCUT2D eigenvalue weighted by atomic mass is 16.5. The van der Waals surface area contributed by atoms with E-state index in [2.05, 4.69) is 20.3 Å². The van der Waals surface area contributed by atoms with Gasteiger partial charge in [0.1, 0.15) is 11.9 Å². The molecule has 0 atom stereocenters. The van der Waals surface area contributed by atoms with Crippen LogP contribution in [0.3, 0.4) is 0 Å². The molecule has 1 N–H and O–H groups in total. The number of nitrogens with one attached hydrogen (secondary N) is 1. The van der Waals surface area contributed by atoms with Gasteiger partial charge in [0.25, 0.3) is 5.91 Å². The summed E-state index contributed by atoms with van der Waals surface area (Å²) in [5.74, 6) is 0.101. The Kier molecular flexibility index (Phi) is 4.60. The first-order chi connectivity index (χ1) is 9.70. The lowest BCUT2D eigenvalue weighted by Gasteiger charge is -2.09. The summed E-state index contributed by atoms with van der Waals surface area (Å²) in [7, 11) is 0. The molecular formula is C14H16N4O2. The first kappa shape index (κ1) is 13.9. The van der Waals surface area contributed by atoms with Crippen molar-refractivity contribution in [1.82, 2.24) is 20.3 Å². The van der Waals surface area contributed by atoms with Crippen molar-refractivity contribution >= 4 is 5.91 Å². The average Bonchev–Trinajstić information content (AvgIpc) is 2.46. The second-order valence-electron chi connectivity index (χ2n) is 4.12. The van der Waals surface area contributed by atoms with Crippen LogP contribution in [0, 0.1) is 6.92 Å². The Hall–Kier alpha value is -2.50. The molecule has 6 heteroatoms. The molecule has 2 aromatic rings. The van der Waals surface area contributed by atoms with Crippen molar-refractivity contribution in [3.05, 3.63) is 47.7 Å². The lowest BCUT2D eigenvalue weighted by molar-refractivity contribution is 0.0945. The smallest absolute Gasteiger partial charge is 0.257 e. The van der Waals surface area contributed by atoms with Gasteiger partial charge in [0.05, 0.1) is 18.8 Å². The third-order valence-electron chi connectivity index (χ3n) is 2.59. The Morgan fingerprint density at radius 1 is 1.35 bits per heavy atom. The molecule has 0 fully saturated rings. The Balaban J connectivity index is 2.05. The molecule has 2 heterocycles. The minimum absolute atomic E-state index is 0.238. The number of amides is 1. The van der Waals surface area contributed by atoms with Crippen molar-refractivity contribution in [3.8, 4) is 5.88 Å². The van der Waals surface area contributed by atoms with E-state index in [0.717, 1.165) is 11.4 Å². The lowest BCUT2D eigenvalue weighted by Crippen LogP contribution is -2.24. The van der Waals surface area contributed by atoms with Crippen LogP contribution in [0.25, 0.3) is 0 Å². The molecule has 20 heavy (non-hydrogen) atoms. The highest BCUT2D eigenvalue weighted by Crippen LogP contribution is 2.14. The SMILES string of the molecule is CCOc1ncccc1C(=O)NCc1cc(C)ncn1. The number of ether oxygens (including phenoxy) is 1. The van der Waals surface area contributed by atoms with Gasteiger partial charge < -0.3 is 10.1 Å². The van der Waals surface area contributed by atoms with E-state index in [1.54, 1.807) is 18.3 Å². The summed E-state index contributed by atoms with van der Waals surface area (Å²) < 4.78 is 5.33. The van der Waals surface area contributed by atoms with Crippen molar-refractivity contribution in [2.75, 3.05) is 6.61 Å². The van der Waals surface area contributed by atoms with Crippen molar-refractivity contribution in [3.63, 3.8) is 0 Å². The Labute approximate surface area is 117 Å². The molecular weight excluding hydrogens is 256 g/mol. The number of pyridine rings is 1. The molecule has 0 saturated carbocycles. The van der Waals surface area contributed by atoms with Gasteiger partial charge >= 0.3 is 0 Å². The minimum atomic E-state index is -0.238. The summed E-state index contributed by atoms with van der Waals surface area (Å²) in [5.41, 5.74) is 2.04. The zero-order valence-electron chi connectivity index (χ0n) is 11.5. The molecule has 1 amide bonds. The van der Waals surface area contributed by atoms with Crippen LogP contribution in [-0.2, 0) is 6.54 Å². The number of carbonyl (C=O) groups excluding carboxylic acids is 1. The molecule has 2 aromatic heterocycles. The number of hydrogen-bond acceptors (Lipinski definition) is 5. The van der Waals surface area contributed by atoms with Crippen molar-refractivity contribution in [1.29, 1.82) is 0 Å². The molecule has 0 aromatic carbocycles. The van der Waals surface area contributed by atoms with Crippen molar-refractivity contribution in [2.45, 2.75) is 20.4 Å². The molecule has 6 nitrogen and oxygen atoms in total. The summed E-state index contributed by atoms with van der Waals surface area (Å²) in [5, 5.41) is 2.79. The van der Waals surface area contributed by atoms with Crippen LogP contribution >= 0.6 is 0 Å². The molecule has 0 bridgehead atoms. The van der Waals surface area contributed by atoms with Crippen LogP contribution in [0.5, 0.6) is 5.88 Å². The number of hydrogen-bond donors (Lipinski definition) is 1. The molecule has 0 radical (unpaired) electrons. The molecule has 0 aliphatic rings. The zero-order chi connectivity index (χ0) is 14.4. The monoisotopic (exact) mass is 272 g/mol. The fourth-order valence-corrected chi connectivity index (χ4v) is 1.69. The van der Waals surface area contributed by atoms with Gasteiger partial charge in [-0.25, -0.2) is 15.0 Å². The summed E-state index contributed by atoms with van der Waals surface area (Å²) in [4.78, 5) is 24.3. The van der Waals surface area contributed by atoms with Crippen LogP contribution in [0.4, 0.5) is 0 Å². The predicted octanol–water partition coefficient (Wildman–Crippen LogP) is 1.51. The molecule has 104 valence electrons. The number of carbonyl (C=O) groups is 1. The molecule has 0 spiro atoms. The fourth-order valence-electron chi connectivity index (χ4n) is 1.69. The van der Waals surface area contributed by atoms with Gasteiger partial charge in [-0.1, -0.05) is 0 Å². The van der Waals surface area contributed by atoms with E-state index in [9.17, 15) is 4.79 Å². The fraction of sp³-hybridized carbons (Fsp3) is 0.286. The second kappa shape index (κ2) is 6.60. The van der Waals surface area contributed by atoms with E-state index >= 15 is 0 Å². The number of rotatable bonds is 5. The van der Waals surface area contributed by atoms with Crippen LogP contribution in [0.2, 0.25) is 0 Å². The van der Waals surface area contributed by atoms with Gasteiger partial charge in [-0.05, 0) is 32.0 Å². The largest absolute Gasteiger partial charge is 0.477 e. The molecule has 2 rings (SSSR count). The summed E-state index contributed by atoms with van der Waals surface area (Å²) >= 11 is 0. The van der Waals surface area contributed by atoms with E-state index in [1.165, 1.54) is 6.33 Å². The lowest BCUT2D eigenvalue weighted by atomic mass is 10.2. The summed E-state index contributed by atoms with van der Waals surface area (Å²) in [6, 6.07) is 5.21. The number of nitrogens with zero attached hydrogens (tertiary/aromatic N) is 3. The van der Waals surface area contributed by atoms with Crippen LogP contribution < -0.4 is 10.1 Å². The van der Waals surface area contributed by atoms with E-state index in [0.29, 0.717) is 24.6 Å². The van der Waals surface area contributed by atoms with Crippen LogP contribution in [-0.4, -0.2) is 27.5 Å². The third-order valence-corrected chi connectivity index (χ3v) is 2.59. The normalized spacial score (nSPS) is 10.1. The maximum absolute atomic E-state index is 12.1. The number of aryl methyl sites for hydroxylation is 1. The zero-order valence-corrected chi connectivity index (χ0v) is 11.5. The number of aromatic nitrogens is 3. The van der Waals surface area contributed by atoms with Crippen molar-refractivity contribution < 1.29 is 9.53 Å². The highest BCUT2D eigenvalue weighted by molar-refractivity contribution is 5.96. The first-order valence-corrected chi connectivity index (χ1v) is 6.34. The third kappa shape index (κ3) is 3.50. The van der Waals surface area contributed by atoms with E-state index in [4.69, 9.17) is 4.74 Å². The van der Waals surface area contributed by atoms with E-state index in [1.807, 2.05) is 19.9 Å². The van der Waals surface area contributed by atoms with Gasteiger partial charge in [0, 0.05) is 11.9 Å². The second-order valence-corrected chi connectivity index (χ2v) is 4.12. The van der Waals surface area contributed by atoms with Gasteiger partial charge in [0.15, 0.2) is 0 Å². The Morgan fingerprint density at radius 3 is 2.95 bits per heavy atom. The summed E-state index contributed by atoms with van der Waals surface area (Å²) in [6.45, 7) is 4.52. The topological polar surface area (TPSA) is 77.0 Å². The molecule has 0 aliphatic carbocycles. The Morgan fingerprint density at radius 2 is 2.20 bits per heavy atom. The van der Waals surface area contributed by atoms with E-state index < -0.39 is 0 Å². The van der Waals surface area contributed by atoms with Gasteiger partial charge in [-0.2, -0.15) is 0 Å². The first-order valence-electron chi connectivity index (χ1n) is 6.34. The van der Waals surface area contributed by atoms with Crippen LogP contribution in [0.1, 0.15) is 28.7 Å². The quantitative estimate of drug-likeness (QED) is 0.892.